The fourth-order valence-corrected chi connectivity index (χ4v) is 2.58. The van der Waals surface area contributed by atoms with Crippen LogP contribution in [0, 0.1) is 0 Å². The number of hydrogen-bond donors (Lipinski definition) is 2. The van der Waals surface area contributed by atoms with E-state index in [1.165, 1.54) is 5.56 Å². The van der Waals surface area contributed by atoms with E-state index in [0.717, 1.165) is 48.5 Å². The van der Waals surface area contributed by atoms with Crippen LogP contribution in [0.25, 0.3) is 11.0 Å². The molecule has 0 spiro atoms. The van der Waals surface area contributed by atoms with E-state index < -0.39 is 0 Å². The molecule has 0 unspecified atom stereocenters. The lowest BCUT2D eigenvalue weighted by atomic mass is 10.2. The Balaban J connectivity index is 1.45. The van der Waals surface area contributed by atoms with Gasteiger partial charge in [0.05, 0.1) is 18.1 Å². The van der Waals surface area contributed by atoms with Crippen LogP contribution >= 0.6 is 0 Å². The lowest BCUT2D eigenvalue weighted by Gasteiger charge is -2.09. The predicted molar refractivity (Wildman–Crippen MR) is 89.1 cm³/mol. The van der Waals surface area contributed by atoms with Crippen molar-refractivity contribution in [3.8, 4) is 5.75 Å². The molecule has 0 saturated heterocycles. The van der Waals surface area contributed by atoms with E-state index in [2.05, 4.69) is 27.4 Å². The summed E-state index contributed by atoms with van der Waals surface area (Å²) in [5, 5.41) is 3.46. The maximum absolute atomic E-state index is 5.35. The van der Waals surface area contributed by atoms with E-state index in [0.29, 0.717) is 0 Å². The fourth-order valence-electron chi connectivity index (χ4n) is 2.58. The van der Waals surface area contributed by atoms with Gasteiger partial charge in [-0.25, -0.2) is 4.98 Å². The van der Waals surface area contributed by atoms with Gasteiger partial charge >= 0.3 is 0 Å². The highest BCUT2D eigenvalue weighted by Crippen LogP contribution is 2.16. The highest BCUT2D eigenvalue weighted by molar-refractivity contribution is 5.74. The van der Waals surface area contributed by atoms with Crippen molar-refractivity contribution in [2.24, 2.45) is 0 Å². The van der Waals surface area contributed by atoms with Gasteiger partial charge in [0.15, 0.2) is 0 Å². The average molecular weight is 295 g/mol. The van der Waals surface area contributed by atoms with Gasteiger partial charge in [-0.3, -0.25) is 0 Å². The monoisotopic (exact) mass is 295 g/mol. The third-order valence-corrected chi connectivity index (χ3v) is 3.71. The average Bonchev–Trinajstić information content (AvgIpc) is 2.97. The Morgan fingerprint density at radius 2 is 1.91 bits per heavy atom. The van der Waals surface area contributed by atoms with Crippen LogP contribution in [0.3, 0.4) is 0 Å². The number of nitrogens with zero attached hydrogens (tertiary/aromatic N) is 1. The summed E-state index contributed by atoms with van der Waals surface area (Å²) < 4.78 is 5.35. The molecule has 2 aromatic carbocycles. The minimum Gasteiger partial charge on any atom is -0.496 e. The van der Waals surface area contributed by atoms with Crippen molar-refractivity contribution in [1.29, 1.82) is 0 Å². The summed E-state index contributed by atoms with van der Waals surface area (Å²) in [6.07, 6.45) is 2.00. The van der Waals surface area contributed by atoms with Gasteiger partial charge in [0, 0.05) is 18.5 Å². The zero-order chi connectivity index (χ0) is 15.2. The first-order chi connectivity index (χ1) is 10.9. The second-order valence-electron chi connectivity index (χ2n) is 5.29. The van der Waals surface area contributed by atoms with E-state index in [1.54, 1.807) is 7.11 Å². The summed E-state index contributed by atoms with van der Waals surface area (Å²) in [5.74, 6) is 1.99. The molecule has 22 heavy (non-hydrogen) atoms. The van der Waals surface area contributed by atoms with Crippen LogP contribution in [0.2, 0.25) is 0 Å². The van der Waals surface area contributed by atoms with Gasteiger partial charge in [-0.1, -0.05) is 30.3 Å². The van der Waals surface area contributed by atoms with Gasteiger partial charge in [-0.05, 0) is 31.2 Å². The number of hydrogen-bond acceptors (Lipinski definition) is 3. The van der Waals surface area contributed by atoms with Crippen LogP contribution in [0.5, 0.6) is 5.75 Å². The molecule has 0 fully saturated rings. The molecule has 4 heteroatoms. The zero-order valence-electron chi connectivity index (χ0n) is 12.8. The third kappa shape index (κ3) is 3.46. The number of para-hydroxylation sites is 3. The number of ether oxygens (including phenoxy) is 1. The molecule has 114 valence electrons. The van der Waals surface area contributed by atoms with Crippen molar-refractivity contribution in [3.05, 3.63) is 59.9 Å². The van der Waals surface area contributed by atoms with Crippen molar-refractivity contribution in [1.82, 2.24) is 15.3 Å². The molecule has 1 heterocycles. The molecule has 0 aliphatic rings. The van der Waals surface area contributed by atoms with Gasteiger partial charge in [0.1, 0.15) is 11.6 Å². The number of aromatic nitrogens is 2. The minimum atomic E-state index is 0.824. The fraction of sp³-hybridized carbons (Fsp3) is 0.278. The van der Waals surface area contributed by atoms with E-state index in [1.807, 2.05) is 36.4 Å². The normalized spacial score (nSPS) is 11.0. The van der Waals surface area contributed by atoms with Crippen LogP contribution < -0.4 is 10.1 Å². The van der Waals surface area contributed by atoms with Crippen LogP contribution in [0.15, 0.2) is 48.5 Å². The smallest absolute Gasteiger partial charge is 0.123 e. The Bertz CT molecular complexity index is 703. The van der Waals surface area contributed by atoms with Crippen LogP contribution in [0.1, 0.15) is 17.8 Å². The summed E-state index contributed by atoms with van der Waals surface area (Å²) in [6.45, 7) is 1.78. The minimum absolute atomic E-state index is 0.824. The van der Waals surface area contributed by atoms with E-state index in [9.17, 15) is 0 Å². The third-order valence-electron chi connectivity index (χ3n) is 3.71. The Hall–Kier alpha value is -2.33. The molecule has 4 nitrogen and oxygen atoms in total. The molecule has 3 aromatic rings. The number of nitrogens with one attached hydrogen (secondary N) is 2. The number of imidazole rings is 1. The van der Waals surface area contributed by atoms with Crippen molar-refractivity contribution >= 4 is 11.0 Å². The van der Waals surface area contributed by atoms with Crippen LogP contribution in [-0.2, 0) is 13.0 Å². The highest BCUT2D eigenvalue weighted by atomic mass is 16.5. The largest absolute Gasteiger partial charge is 0.496 e. The quantitative estimate of drug-likeness (QED) is 0.658. The lowest BCUT2D eigenvalue weighted by molar-refractivity contribution is 0.407. The Kier molecular flexibility index (Phi) is 4.71. The number of aromatic amines is 1. The summed E-state index contributed by atoms with van der Waals surface area (Å²) >= 11 is 0. The van der Waals surface area contributed by atoms with Gasteiger partial charge < -0.3 is 15.0 Å². The van der Waals surface area contributed by atoms with E-state index >= 15 is 0 Å². The van der Waals surface area contributed by atoms with Gasteiger partial charge in [-0.2, -0.15) is 0 Å². The second-order valence-corrected chi connectivity index (χ2v) is 5.29. The van der Waals surface area contributed by atoms with Crippen molar-refractivity contribution in [2.75, 3.05) is 13.7 Å². The molecule has 0 aliphatic carbocycles. The van der Waals surface area contributed by atoms with Gasteiger partial charge in [-0.15, -0.1) is 0 Å². The topological polar surface area (TPSA) is 49.9 Å². The Morgan fingerprint density at radius 1 is 1.09 bits per heavy atom. The SMILES string of the molecule is COc1ccccc1CNCCCc1nc2ccccc2[nH]1. The first kappa shape index (κ1) is 14.6. The maximum Gasteiger partial charge on any atom is 0.123 e. The summed E-state index contributed by atoms with van der Waals surface area (Å²) in [5.41, 5.74) is 3.34. The molecule has 2 N–H and O–H groups in total. The summed E-state index contributed by atoms with van der Waals surface area (Å²) in [4.78, 5) is 7.96. The molecule has 0 saturated carbocycles. The number of rotatable bonds is 7. The summed E-state index contributed by atoms with van der Waals surface area (Å²) in [6, 6.07) is 16.2. The maximum atomic E-state index is 5.35. The number of H-pyrrole nitrogens is 1. The van der Waals surface area contributed by atoms with Gasteiger partial charge in [0.2, 0.25) is 0 Å². The Labute approximate surface area is 130 Å². The van der Waals surface area contributed by atoms with E-state index in [-0.39, 0.29) is 0 Å². The highest BCUT2D eigenvalue weighted by Gasteiger charge is 2.03. The Morgan fingerprint density at radius 3 is 2.77 bits per heavy atom. The molecule has 0 aliphatic heterocycles. The zero-order valence-corrected chi connectivity index (χ0v) is 12.8. The number of methoxy groups -OCH3 is 1. The molecule has 0 amide bonds. The first-order valence-corrected chi connectivity index (χ1v) is 7.63. The molecule has 0 atom stereocenters. The van der Waals surface area contributed by atoms with Crippen molar-refractivity contribution < 1.29 is 4.74 Å². The molecule has 3 rings (SSSR count). The number of fused-ring (bicyclic) bond motifs is 1. The van der Waals surface area contributed by atoms with Crippen LogP contribution in [0.4, 0.5) is 0 Å². The second kappa shape index (κ2) is 7.09. The molecule has 1 aromatic heterocycles. The molecular weight excluding hydrogens is 274 g/mol. The van der Waals surface area contributed by atoms with Gasteiger partial charge in [0.25, 0.3) is 0 Å². The standard InChI is InChI=1S/C18H21N3O/c1-22-17-10-5-2-7-14(17)13-19-12-6-11-18-20-15-8-3-4-9-16(15)21-18/h2-5,7-10,19H,6,11-13H2,1H3,(H,20,21). The van der Waals surface area contributed by atoms with Crippen molar-refractivity contribution in [2.45, 2.75) is 19.4 Å². The van der Waals surface area contributed by atoms with Crippen LogP contribution in [-0.4, -0.2) is 23.6 Å². The van der Waals surface area contributed by atoms with Crippen molar-refractivity contribution in [3.63, 3.8) is 0 Å². The molecular formula is C18H21N3O. The number of aryl methyl sites for hydroxylation is 1. The molecule has 0 bridgehead atoms. The predicted octanol–water partition coefficient (Wildman–Crippen LogP) is 3.29. The number of benzene rings is 2. The summed E-state index contributed by atoms with van der Waals surface area (Å²) in [7, 11) is 1.71. The lowest BCUT2D eigenvalue weighted by Crippen LogP contribution is -2.16. The molecule has 0 radical (unpaired) electrons. The first-order valence-electron chi connectivity index (χ1n) is 7.63. The van der Waals surface area contributed by atoms with E-state index in [4.69, 9.17) is 4.74 Å².